The van der Waals surface area contributed by atoms with Crippen LogP contribution in [-0.4, -0.2) is 41.7 Å². The van der Waals surface area contributed by atoms with E-state index in [0.717, 1.165) is 18.1 Å². The predicted octanol–water partition coefficient (Wildman–Crippen LogP) is 6.37. The molecule has 0 N–H and O–H groups in total. The number of fused-ring (bicyclic) bond motifs is 5. The van der Waals surface area contributed by atoms with Crippen molar-refractivity contribution in [2.45, 2.75) is 29.4 Å². The van der Waals surface area contributed by atoms with Gasteiger partial charge in [-0.25, -0.2) is 4.98 Å². The van der Waals surface area contributed by atoms with Crippen LogP contribution in [0.4, 0.5) is 0 Å². The second kappa shape index (κ2) is 9.56. The molecule has 4 nitrogen and oxygen atoms in total. The molecule has 5 heteroatoms. The smallest absolute Gasteiger partial charge is 0.136 e. The van der Waals surface area contributed by atoms with Gasteiger partial charge >= 0.3 is 0 Å². The molecule has 0 bridgehead atoms. The van der Waals surface area contributed by atoms with Gasteiger partial charge in [-0.3, -0.25) is 0 Å². The molecule has 1 aliphatic rings. The topological polar surface area (TPSA) is 30.3 Å². The highest BCUT2D eigenvalue weighted by Crippen LogP contribution is 2.48. The van der Waals surface area contributed by atoms with Gasteiger partial charge < -0.3 is 14.2 Å². The third-order valence-corrected chi connectivity index (χ3v) is 7.22. The second-order valence-electron chi connectivity index (χ2n) is 8.63. The maximum Gasteiger partial charge on any atom is 0.136 e. The first-order valence-electron chi connectivity index (χ1n) is 11.4. The standard InChI is InChI=1S/C28H29N3OS/c1-20(21-11-5-4-6-12-21)31-26(19-32-18-17-30(2)3)29-27-22-13-7-9-15-24(22)33-25-16-10-8-14-23(25)28(27)31/h4-16,20H,17-19H2,1-3H3. The molecule has 1 aromatic heterocycles. The minimum atomic E-state index is 0.123. The Morgan fingerprint density at radius 1 is 0.879 bits per heavy atom. The van der Waals surface area contributed by atoms with Crippen LogP contribution >= 0.6 is 11.8 Å². The number of hydrogen-bond acceptors (Lipinski definition) is 4. The fraction of sp³-hybridized carbons (Fsp3) is 0.250. The summed E-state index contributed by atoms with van der Waals surface area (Å²) in [5, 5.41) is 0. The Morgan fingerprint density at radius 3 is 2.24 bits per heavy atom. The first-order chi connectivity index (χ1) is 16.1. The predicted molar refractivity (Wildman–Crippen MR) is 136 cm³/mol. The number of ether oxygens (including phenoxy) is 1. The van der Waals surface area contributed by atoms with Crippen LogP contribution in [-0.2, 0) is 11.3 Å². The van der Waals surface area contributed by atoms with Crippen molar-refractivity contribution in [2.24, 2.45) is 0 Å². The molecule has 0 radical (unpaired) electrons. The summed E-state index contributed by atoms with van der Waals surface area (Å²) in [6, 6.07) is 28.1. The molecule has 1 atom stereocenters. The van der Waals surface area contributed by atoms with Crippen molar-refractivity contribution in [3.8, 4) is 22.5 Å². The molecule has 2 heterocycles. The average molecular weight is 456 g/mol. The van der Waals surface area contributed by atoms with Crippen LogP contribution in [0.1, 0.15) is 24.4 Å². The normalized spacial score (nSPS) is 13.2. The number of imidazole rings is 1. The first kappa shape index (κ1) is 22.0. The monoisotopic (exact) mass is 455 g/mol. The molecule has 4 aromatic rings. The van der Waals surface area contributed by atoms with Crippen LogP contribution in [0.25, 0.3) is 22.5 Å². The van der Waals surface area contributed by atoms with Gasteiger partial charge in [-0.05, 0) is 38.7 Å². The van der Waals surface area contributed by atoms with Gasteiger partial charge in [0.25, 0.3) is 0 Å². The summed E-state index contributed by atoms with van der Waals surface area (Å²) in [6.07, 6.45) is 0. The van der Waals surface area contributed by atoms with Crippen LogP contribution in [0.5, 0.6) is 0 Å². The van der Waals surface area contributed by atoms with E-state index >= 15 is 0 Å². The molecule has 0 saturated heterocycles. The number of nitrogens with zero attached hydrogens (tertiary/aromatic N) is 3. The van der Waals surface area contributed by atoms with Crippen LogP contribution in [0.15, 0.2) is 88.7 Å². The van der Waals surface area contributed by atoms with E-state index in [1.165, 1.54) is 32.2 Å². The molecule has 1 unspecified atom stereocenters. The van der Waals surface area contributed by atoms with Crippen molar-refractivity contribution in [3.63, 3.8) is 0 Å². The summed E-state index contributed by atoms with van der Waals surface area (Å²) in [4.78, 5) is 9.85. The van der Waals surface area contributed by atoms with Crippen LogP contribution in [0, 0.1) is 0 Å². The number of hydrogen-bond donors (Lipinski definition) is 0. The van der Waals surface area contributed by atoms with E-state index in [1.807, 2.05) is 11.8 Å². The fourth-order valence-electron chi connectivity index (χ4n) is 4.36. The van der Waals surface area contributed by atoms with Crippen molar-refractivity contribution in [1.29, 1.82) is 0 Å². The molecule has 0 amide bonds. The van der Waals surface area contributed by atoms with E-state index in [-0.39, 0.29) is 6.04 Å². The van der Waals surface area contributed by atoms with E-state index in [4.69, 9.17) is 9.72 Å². The zero-order valence-electron chi connectivity index (χ0n) is 19.4. The van der Waals surface area contributed by atoms with E-state index in [9.17, 15) is 0 Å². The van der Waals surface area contributed by atoms with E-state index in [0.29, 0.717) is 13.2 Å². The summed E-state index contributed by atoms with van der Waals surface area (Å²) >= 11 is 1.82. The lowest BCUT2D eigenvalue weighted by atomic mass is 10.0. The molecule has 0 fully saturated rings. The van der Waals surface area contributed by atoms with Crippen molar-refractivity contribution in [3.05, 3.63) is 90.3 Å². The minimum absolute atomic E-state index is 0.123. The molecule has 33 heavy (non-hydrogen) atoms. The Morgan fingerprint density at radius 2 is 1.52 bits per heavy atom. The summed E-state index contributed by atoms with van der Waals surface area (Å²) in [5.74, 6) is 0.964. The maximum absolute atomic E-state index is 6.11. The van der Waals surface area contributed by atoms with Gasteiger partial charge in [0.2, 0.25) is 0 Å². The maximum atomic E-state index is 6.11. The number of likely N-dealkylation sites (N-methyl/N-ethyl adjacent to an activating group) is 1. The highest BCUT2D eigenvalue weighted by atomic mass is 32.2. The van der Waals surface area contributed by atoms with E-state index < -0.39 is 0 Å². The van der Waals surface area contributed by atoms with Crippen molar-refractivity contribution < 1.29 is 4.74 Å². The molecule has 0 aliphatic carbocycles. The van der Waals surface area contributed by atoms with Gasteiger partial charge in [-0.15, -0.1) is 0 Å². The highest BCUT2D eigenvalue weighted by molar-refractivity contribution is 7.99. The largest absolute Gasteiger partial charge is 0.372 e. The SMILES string of the molecule is CC(c1ccccc1)n1c(COCCN(C)C)nc2c1-c1ccccc1Sc1ccccc1-2. The van der Waals surface area contributed by atoms with Crippen molar-refractivity contribution in [2.75, 3.05) is 27.2 Å². The second-order valence-corrected chi connectivity index (χ2v) is 9.72. The summed E-state index contributed by atoms with van der Waals surface area (Å²) < 4.78 is 8.50. The Hall–Kier alpha value is -2.86. The lowest BCUT2D eigenvalue weighted by Gasteiger charge is -2.21. The van der Waals surface area contributed by atoms with Gasteiger partial charge in [-0.2, -0.15) is 0 Å². The van der Waals surface area contributed by atoms with E-state index in [1.54, 1.807) is 0 Å². The zero-order valence-corrected chi connectivity index (χ0v) is 20.2. The van der Waals surface area contributed by atoms with Crippen molar-refractivity contribution in [1.82, 2.24) is 14.5 Å². The Bertz CT molecular complexity index is 1250. The Labute approximate surface area is 200 Å². The number of benzene rings is 3. The number of rotatable bonds is 7. The molecule has 5 rings (SSSR count). The Balaban J connectivity index is 1.70. The van der Waals surface area contributed by atoms with Gasteiger partial charge in [0.15, 0.2) is 0 Å². The van der Waals surface area contributed by atoms with Gasteiger partial charge in [0.05, 0.1) is 24.0 Å². The molecular formula is C28H29N3OS. The van der Waals surface area contributed by atoms with Crippen LogP contribution in [0.2, 0.25) is 0 Å². The van der Waals surface area contributed by atoms with Crippen LogP contribution < -0.4 is 0 Å². The molecule has 3 aromatic carbocycles. The third-order valence-electron chi connectivity index (χ3n) is 6.07. The van der Waals surface area contributed by atoms with Gasteiger partial charge in [0, 0.05) is 27.5 Å². The highest BCUT2D eigenvalue weighted by Gasteiger charge is 2.29. The molecule has 1 aliphatic heterocycles. The molecule has 0 saturated carbocycles. The Kier molecular flexibility index (Phi) is 6.36. The quantitative estimate of drug-likeness (QED) is 0.267. The average Bonchev–Trinajstić information content (AvgIpc) is 3.15. The number of aromatic nitrogens is 2. The van der Waals surface area contributed by atoms with Gasteiger partial charge in [-0.1, -0.05) is 78.5 Å². The summed E-state index contributed by atoms with van der Waals surface area (Å²) in [7, 11) is 4.13. The third kappa shape index (κ3) is 4.36. The van der Waals surface area contributed by atoms with Crippen molar-refractivity contribution >= 4 is 11.8 Å². The first-order valence-corrected chi connectivity index (χ1v) is 12.2. The summed E-state index contributed by atoms with van der Waals surface area (Å²) in [6.45, 7) is 4.30. The van der Waals surface area contributed by atoms with Gasteiger partial charge in [0.1, 0.15) is 12.4 Å². The molecule has 0 spiro atoms. The molecular weight excluding hydrogens is 426 g/mol. The molecule has 168 valence electrons. The van der Waals surface area contributed by atoms with Crippen LogP contribution in [0.3, 0.4) is 0 Å². The lowest BCUT2D eigenvalue weighted by molar-refractivity contribution is 0.0981. The minimum Gasteiger partial charge on any atom is -0.372 e. The summed E-state index contributed by atoms with van der Waals surface area (Å²) in [5.41, 5.74) is 5.88. The zero-order chi connectivity index (χ0) is 22.8. The van der Waals surface area contributed by atoms with E-state index in [2.05, 4.69) is 109 Å². The lowest BCUT2D eigenvalue weighted by Crippen LogP contribution is -2.19. The fourth-order valence-corrected chi connectivity index (χ4v) is 5.43.